The van der Waals surface area contributed by atoms with Crippen molar-refractivity contribution >= 4 is 17.2 Å². The summed E-state index contributed by atoms with van der Waals surface area (Å²) >= 11 is 0. The smallest absolute Gasteiger partial charge is 0.209 e. The number of hydrogen-bond donors (Lipinski definition) is 3. The van der Waals surface area contributed by atoms with Crippen molar-refractivity contribution in [3.8, 4) is 0 Å². The fraction of sp³-hybridized carbons (Fsp3) is 0.500. The number of allylic oxidation sites excluding steroid dienone is 1. The van der Waals surface area contributed by atoms with Crippen LogP contribution in [0.15, 0.2) is 58.6 Å². The molecular weight excluding hydrogens is 396 g/mol. The molecule has 32 heavy (non-hydrogen) atoms. The van der Waals surface area contributed by atoms with Crippen LogP contribution in [0.5, 0.6) is 0 Å². The summed E-state index contributed by atoms with van der Waals surface area (Å²) in [6, 6.07) is 7.54. The molecule has 1 aromatic carbocycles. The normalized spacial score (nSPS) is 33.4. The van der Waals surface area contributed by atoms with Gasteiger partial charge in [-0.1, -0.05) is 0 Å². The molecule has 6 heteroatoms. The molecule has 3 aliphatic heterocycles. The number of nitrogens with one attached hydrogen (secondary N) is 2. The van der Waals surface area contributed by atoms with E-state index in [0.29, 0.717) is 6.04 Å². The van der Waals surface area contributed by atoms with E-state index in [1.807, 2.05) is 6.20 Å². The van der Waals surface area contributed by atoms with Crippen molar-refractivity contribution in [2.24, 2.45) is 22.6 Å². The van der Waals surface area contributed by atoms with Crippen LogP contribution in [0.3, 0.4) is 0 Å². The maximum absolute atomic E-state index is 6.38. The molecule has 3 unspecified atom stereocenters. The Morgan fingerprint density at radius 2 is 2.12 bits per heavy atom. The van der Waals surface area contributed by atoms with Crippen molar-refractivity contribution in [3.63, 3.8) is 0 Å². The molecule has 2 fully saturated rings. The Balaban J connectivity index is 1.27. The number of benzene rings is 1. The molecule has 0 saturated heterocycles. The van der Waals surface area contributed by atoms with Crippen LogP contribution in [0.4, 0.5) is 11.4 Å². The third-order valence-corrected chi connectivity index (χ3v) is 8.55. The maximum atomic E-state index is 6.38. The minimum absolute atomic E-state index is 0.628. The fourth-order valence-corrected chi connectivity index (χ4v) is 6.94. The summed E-state index contributed by atoms with van der Waals surface area (Å²) in [6.07, 6.45) is 13.0. The predicted molar refractivity (Wildman–Crippen MR) is 132 cm³/mol. The van der Waals surface area contributed by atoms with Gasteiger partial charge in [-0.05, 0) is 67.8 Å². The quantitative estimate of drug-likeness (QED) is 0.628. The third kappa shape index (κ3) is 3.04. The summed E-state index contributed by atoms with van der Waals surface area (Å²) in [6.45, 7) is 7.22. The summed E-state index contributed by atoms with van der Waals surface area (Å²) < 4.78 is 0.820. The lowest BCUT2D eigenvalue weighted by Gasteiger charge is -2.41. The van der Waals surface area contributed by atoms with E-state index in [9.17, 15) is 0 Å². The Hall–Kier alpha value is -2.57. The highest BCUT2D eigenvalue weighted by Crippen LogP contribution is 2.51. The lowest BCUT2D eigenvalue weighted by atomic mass is 9.91. The van der Waals surface area contributed by atoms with Crippen LogP contribution in [0.2, 0.25) is 0 Å². The highest BCUT2D eigenvalue weighted by Gasteiger charge is 2.54. The van der Waals surface area contributed by atoms with Gasteiger partial charge in [-0.15, -0.1) is 0 Å². The van der Waals surface area contributed by atoms with Crippen molar-refractivity contribution in [2.45, 2.75) is 52.0 Å². The van der Waals surface area contributed by atoms with Crippen molar-refractivity contribution in [1.82, 2.24) is 14.8 Å². The van der Waals surface area contributed by atoms with Crippen LogP contribution >= 0.6 is 0 Å². The first-order valence-corrected chi connectivity index (χ1v) is 12.2. The SMILES string of the molecule is CC1=NC=C[N+]1(c1ccc(NN2C=C(N)C3=C(CNCC3)C2)c(C)c1)[C@@H]1CC2CCC1C2. The molecule has 5 aliphatic rings. The molecule has 3 heterocycles. The Labute approximate surface area is 191 Å². The first-order chi connectivity index (χ1) is 15.5. The van der Waals surface area contributed by atoms with E-state index in [1.165, 1.54) is 53.9 Å². The van der Waals surface area contributed by atoms with Crippen molar-refractivity contribution < 1.29 is 0 Å². The highest BCUT2D eigenvalue weighted by molar-refractivity contribution is 5.95. The summed E-state index contributed by atoms with van der Waals surface area (Å²) in [5.74, 6) is 2.94. The van der Waals surface area contributed by atoms with Crippen LogP contribution < -0.4 is 21.0 Å². The van der Waals surface area contributed by atoms with Gasteiger partial charge in [0.15, 0.2) is 0 Å². The molecule has 168 valence electrons. The predicted octanol–water partition coefficient (Wildman–Crippen LogP) is 4.13. The molecule has 6 nitrogen and oxygen atoms in total. The number of nitrogens with zero attached hydrogens (tertiary/aromatic N) is 3. The van der Waals surface area contributed by atoms with Crippen molar-refractivity contribution in [1.29, 1.82) is 0 Å². The Bertz CT molecular complexity index is 1070. The number of fused-ring (bicyclic) bond motifs is 2. The summed E-state index contributed by atoms with van der Waals surface area (Å²) in [5, 5.41) is 5.60. The van der Waals surface area contributed by atoms with Crippen LogP contribution in [-0.4, -0.2) is 36.5 Å². The van der Waals surface area contributed by atoms with Gasteiger partial charge < -0.3 is 11.1 Å². The number of quaternary nitrogens is 1. The summed E-state index contributed by atoms with van der Waals surface area (Å²) in [5.41, 5.74) is 17.3. The molecule has 4 N–H and O–H groups in total. The Morgan fingerprint density at radius 3 is 2.84 bits per heavy atom. The van der Waals surface area contributed by atoms with Gasteiger partial charge in [-0.2, -0.15) is 0 Å². The van der Waals surface area contributed by atoms with Gasteiger partial charge in [0.05, 0.1) is 24.1 Å². The lowest BCUT2D eigenvalue weighted by Crippen LogP contribution is -2.56. The number of anilines is 1. The first-order valence-electron chi connectivity index (χ1n) is 12.2. The molecule has 2 saturated carbocycles. The van der Waals surface area contributed by atoms with E-state index in [-0.39, 0.29) is 0 Å². The van der Waals surface area contributed by atoms with Gasteiger partial charge in [-0.25, -0.2) is 9.48 Å². The van der Waals surface area contributed by atoms with Gasteiger partial charge in [0, 0.05) is 44.1 Å². The number of nitrogens with two attached hydrogens (primary N) is 1. The van der Waals surface area contributed by atoms with E-state index in [1.54, 1.807) is 0 Å². The molecule has 0 radical (unpaired) electrons. The van der Waals surface area contributed by atoms with Crippen molar-refractivity contribution in [3.05, 3.63) is 59.2 Å². The molecule has 2 bridgehead atoms. The molecule has 1 aromatic rings. The number of rotatable bonds is 4. The van der Waals surface area contributed by atoms with E-state index in [4.69, 9.17) is 10.7 Å². The number of hydrazine groups is 1. The second-order valence-corrected chi connectivity index (χ2v) is 10.3. The number of amidine groups is 1. The monoisotopic (exact) mass is 431 g/mol. The average molecular weight is 432 g/mol. The Morgan fingerprint density at radius 1 is 1.22 bits per heavy atom. The Kier molecular flexibility index (Phi) is 4.70. The first kappa shape index (κ1) is 20.1. The van der Waals surface area contributed by atoms with E-state index >= 15 is 0 Å². The van der Waals surface area contributed by atoms with Gasteiger partial charge in [-0.3, -0.25) is 10.4 Å². The zero-order valence-electron chi connectivity index (χ0n) is 19.3. The molecule has 0 spiro atoms. The van der Waals surface area contributed by atoms with Crippen LogP contribution in [0, 0.1) is 18.8 Å². The van der Waals surface area contributed by atoms with Gasteiger partial charge >= 0.3 is 0 Å². The lowest BCUT2D eigenvalue weighted by molar-refractivity contribution is 0.280. The number of hydrogen-bond acceptors (Lipinski definition) is 5. The molecule has 0 aromatic heterocycles. The standard InChI is InChI=1S/C26H35N6/c1-17-11-22(32(10-9-29-18(32)2)26-13-19-3-4-20(26)12-19)5-6-25(17)30-31-15-21-14-28-8-7-23(21)24(27)16-31/h5-6,9-11,16,19-20,26,28,30H,3-4,7-8,12-15,27H2,1-2H3/q+1/t19?,20?,26-,32?/m1/s1. The maximum Gasteiger partial charge on any atom is 0.209 e. The second kappa shape index (κ2) is 7.49. The van der Waals surface area contributed by atoms with Crippen LogP contribution in [-0.2, 0) is 0 Å². The van der Waals surface area contributed by atoms with E-state index < -0.39 is 0 Å². The summed E-state index contributed by atoms with van der Waals surface area (Å²) in [4.78, 5) is 4.74. The minimum Gasteiger partial charge on any atom is -0.397 e. The van der Waals surface area contributed by atoms with E-state index in [0.717, 1.165) is 53.8 Å². The number of aryl methyl sites for hydroxylation is 1. The average Bonchev–Trinajstić information content (AvgIpc) is 3.51. The zero-order chi connectivity index (χ0) is 21.9. The highest BCUT2D eigenvalue weighted by atomic mass is 15.5. The third-order valence-electron chi connectivity index (χ3n) is 8.55. The number of aliphatic imine (C=N–C) groups is 1. The fourth-order valence-electron chi connectivity index (χ4n) is 6.94. The van der Waals surface area contributed by atoms with Gasteiger partial charge in [0.1, 0.15) is 17.9 Å². The second-order valence-electron chi connectivity index (χ2n) is 10.3. The largest absolute Gasteiger partial charge is 0.397 e. The summed E-state index contributed by atoms with van der Waals surface area (Å²) in [7, 11) is 0. The van der Waals surface area contributed by atoms with E-state index in [2.05, 4.69) is 60.2 Å². The van der Waals surface area contributed by atoms with Crippen molar-refractivity contribution in [2.75, 3.05) is 25.1 Å². The molecular formula is C26H35N6+. The minimum atomic E-state index is 0.628. The molecule has 4 atom stereocenters. The molecule has 2 aliphatic carbocycles. The van der Waals surface area contributed by atoms with Gasteiger partial charge in [0.25, 0.3) is 0 Å². The topological polar surface area (TPSA) is 65.7 Å². The van der Waals surface area contributed by atoms with Gasteiger partial charge in [0.2, 0.25) is 5.84 Å². The molecule has 0 amide bonds. The van der Waals surface area contributed by atoms with Crippen LogP contribution in [0.1, 0.15) is 44.6 Å². The van der Waals surface area contributed by atoms with Crippen LogP contribution in [0.25, 0.3) is 0 Å². The molecule has 6 rings (SSSR count). The zero-order valence-corrected chi connectivity index (χ0v) is 19.3.